The highest BCUT2D eigenvalue weighted by atomic mass is 28.4. The van der Waals surface area contributed by atoms with Gasteiger partial charge in [0.05, 0.1) is 25.4 Å². The first-order valence-electron chi connectivity index (χ1n) is 19.7. The largest absolute Gasteiger partial charge is 0.469 e. The van der Waals surface area contributed by atoms with Crippen LogP contribution in [0.15, 0.2) is 30.3 Å². The third kappa shape index (κ3) is 13.5. The zero-order valence-corrected chi connectivity index (χ0v) is 38.4. The molecule has 0 aliphatic heterocycles. The molecule has 290 valence electrons. The number of unbranched alkanes of at least 4 members (excludes halogenated alkanes) is 3. The Balaban J connectivity index is 2.44. The Kier molecular flexibility index (Phi) is 16.6. The molecule has 9 heteroatoms. The highest BCUT2D eigenvalue weighted by Gasteiger charge is 2.51. The van der Waals surface area contributed by atoms with Gasteiger partial charge in [0.1, 0.15) is 0 Å². The van der Waals surface area contributed by atoms with Gasteiger partial charge in [-0.3, -0.25) is 4.79 Å². The summed E-state index contributed by atoms with van der Waals surface area (Å²) >= 11 is 0. The molecule has 0 radical (unpaired) electrons. The summed E-state index contributed by atoms with van der Waals surface area (Å²) in [6.07, 6.45) is 9.40. The number of hydrogen-bond acceptors (Lipinski definition) is 6. The van der Waals surface area contributed by atoms with Gasteiger partial charge in [0.2, 0.25) is 0 Å². The number of rotatable bonds is 19. The summed E-state index contributed by atoms with van der Waals surface area (Å²) in [6, 6.07) is 10.5. The minimum atomic E-state index is -2.03. The minimum Gasteiger partial charge on any atom is -0.469 e. The normalized spacial score (nSPS) is 21.7. The van der Waals surface area contributed by atoms with E-state index in [0.717, 1.165) is 63.6 Å². The molecular formula is C41H79NO5Si3. The van der Waals surface area contributed by atoms with Crippen LogP contribution in [0.5, 0.6) is 0 Å². The summed E-state index contributed by atoms with van der Waals surface area (Å²) in [7, 11) is -4.58. The van der Waals surface area contributed by atoms with Crippen molar-refractivity contribution in [3.05, 3.63) is 30.3 Å². The van der Waals surface area contributed by atoms with E-state index in [-0.39, 0.29) is 39.4 Å². The van der Waals surface area contributed by atoms with Gasteiger partial charge in [-0.1, -0.05) is 99.8 Å². The average Bonchev–Trinajstić information content (AvgIpc) is 3.28. The third-order valence-corrected chi connectivity index (χ3v) is 26.3. The number of carbonyl (C=O) groups excluding carboxylic acids is 1. The highest BCUT2D eigenvalue weighted by Crippen LogP contribution is 2.49. The molecule has 1 aliphatic rings. The van der Waals surface area contributed by atoms with E-state index in [1.165, 1.54) is 7.11 Å². The number of para-hydroxylation sites is 1. The number of benzene rings is 1. The van der Waals surface area contributed by atoms with Gasteiger partial charge in [-0.2, -0.15) is 0 Å². The molecule has 1 fully saturated rings. The van der Waals surface area contributed by atoms with Gasteiger partial charge < -0.3 is 23.3 Å². The first-order valence-corrected chi connectivity index (χ1v) is 28.4. The highest BCUT2D eigenvalue weighted by molar-refractivity contribution is 6.75. The van der Waals surface area contributed by atoms with Crippen molar-refractivity contribution in [3.8, 4) is 0 Å². The van der Waals surface area contributed by atoms with Crippen molar-refractivity contribution in [2.24, 2.45) is 11.8 Å². The molecule has 0 aromatic heterocycles. The molecule has 0 bridgehead atoms. The summed E-state index contributed by atoms with van der Waals surface area (Å²) < 4.78 is 26.9. The predicted octanol–water partition coefficient (Wildman–Crippen LogP) is 12.2. The Morgan fingerprint density at radius 3 is 1.68 bits per heavy atom. The lowest BCUT2D eigenvalue weighted by Crippen LogP contribution is -2.46. The van der Waals surface area contributed by atoms with E-state index in [4.69, 9.17) is 18.0 Å². The smallest absolute Gasteiger partial charge is 0.305 e. The molecule has 5 atom stereocenters. The first-order chi connectivity index (χ1) is 22.8. The quantitative estimate of drug-likeness (QED) is 0.0863. The second-order valence-electron chi connectivity index (χ2n) is 19.8. The molecule has 1 saturated carbocycles. The molecule has 0 saturated heterocycles. The van der Waals surface area contributed by atoms with Crippen molar-refractivity contribution < 1.29 is 22.8 Å². The Morgan fingerprint density at radius 1 is 0.720 bits per heavy atom. The van der Waals surface area contributed by atoms with Crippen molar-refractivity contribution in [2.75, 3.05) is 19.0 Å². The number of ether oxygens (including phenoxy) is 1. The SMILES string of the molecule is COC(=O)CCCCCC[C@@H]1[C@@H](CCC(CNc2ccccc2)O[Si](C)(C)C(C)(C)C)[C@H](O[Si](C)(C)C(C)(C)C)C[C@@H]1O[Si](C)(C)C(C)(C)C. The van der Waals surface area contributed by atoms with Crippen LogP contribution < -0.4 is 5.32 Å². The molecule has 1 aliphatic carbocycles. The molecule has 1 unspecified atom stereocenters. The maximum Gasteiger partial charge on any atom is 0.305 e. The fourth-order valence-electron chi connectivity index (χ4n) is 6.38. The molecule has 0 amide bonds. The topological polar surface area (TPSA) is 66.0 Å². The molecule has 6 nitrogen and oxygen atoms in total. The van der Waals surface area contributed by atoms with Gasteiger partial charge in [-0.25, -0.2) is 0 Å². The van der Waals surface area contributed by atoms with E-state index >= 15 is 0 Å². The van der Waals surface area contributed by atoms with Gasteiger partial charge in [0.15, 0.2) is 25.0 Å². The van der Waals surface area contributed by atoms with E-state index in [1.807, 2.05) is 0 Å². The van der Waals surface area contributed by atoms with Crippen LogP contribution >= 0.6 is 0 Å². The van der Waals surface area contributed by atoms with Crippen LogP contribution in [0, 0.1) is 11.8 Å². The van der Waals surface area contributed by atoms with Crippen molar-refractivity contribution in [2.45, 2.75) is 193 Å². The molecule has 0 spiro atoms. The Bertz CT molecular complexity index is 1150. The first kappa shape index (κ1) is 45.2. The van der Waals surface area contributed by atoms with Crippen LogP contribution in [0.1, 0.15) is 120 Å². The van der Waals surface area contributed by atoms with Crippen LogP contribution in [-0.4, -0.2) is 62.9 Å². The fraction of sp³-hybridized carbons (Fsp3) is 0.829. The van der Waals surface area contributed by atoms with Crippen molar-refractivity contribution in [1.29, 1.82) is 0 Å². The van der Waals surface area contributed by atoms with E-state index < -0.39 is 25.0 Å². The van der Waals surface area contributed by atoms with E-state index in [2.05, 4.69) is 137 Å². The van der Waals surface area contributed by atoms with E-state index in [1.54, 1.807) is 0 Å². The lowest BCUT2D eigenvalue weighted by Gasteiger charge is -2.41. The molecule has 2 rings (SSSR count). The van der Waals surface area contributed by atoms with Crippen molar-refractivity contribution in [3.63, 3.8) is 0 Å². The van der Waals surface area contributed by atoms with Crippen LogP contribution in [0.25, 0.3) is 0 Å². The summed E-state index contributed by atoms with van der Waals surface area (Å²) in [4.78, 5) is 11.7. The van der Waals surface area contributed by atoms with Crippen molar-refractivity contribution >= 4 is 36.6 Å². The molecular weight excluding hydrogens is 671 g/mol. The van der Waals surface area contributed by atoms with Gasteiger partial charge in [0.25, 0.3) is 0 Å². The fourth-order valence-corrected chi connectivity index (χ4v) is 10.5. The number of methoxy groups -OCH3 is 1. The average molecular weight is 750 g/mol. The summed E-state index contributed by atoms with van der Waals surface area (Å²) in [6.45, 7) is 36.4. The molecule has 50 heavy (non-hydrogen) atoms. The van der Waals surface area contributed by atoms with E-state index in [9.17, 15) is 4.79 Å². The number of carbonyl (C=O) groups is 1. The Morgan fingerprint density at radius 2 is 1.20 bits per heavy atom. The molecule has 1 aromatic carbocycles. The van der Waals surface area contributed by atoms with Crippen LogP contribution in [0.2, 0.25) is 54.4 Å². The summed E-state index contributed by atoms with van der Waals surface area (Å²) in [5.41, 5.74) is 1.14. The predicted molar refractivity (Wildman–Crippen MR) is 222 cm³/mol. The number of anilines is 1. The lowest BCUT2D eigenvalue weighted by molar-refractivity contribution is -0.140. The molecule has 1 N–H and O–H groups in total. The number of esters is 1. The van der Waals surface area contributed by atoms with Gasteiger partial charge in [-0.15, -0.1) is 0 Å². The second-order valence-corrected chi connectivity index (χ2v) is 34.0. The molecule has 1 aromatic rings. The molecule has 0 heterocycles. The zero-order chi connectivity index (χ0) is 38.2. The second kappa shape index (κ2) is 18.4. The Labute approximate surface area is 312 Å². The third-order valence-electron chi connectivity index (χ3n) is 12.8. The number of hydrogen-bond donors (Lipinski definition) is 1. The zero-order valence-electron chi connectivity index (χ0n) is 35.4. The van der Waals surface area contributed by atoms with Crippen molar-refractivity contribution in [1.82, 2.24) is 0 Å². The van der Waals surface area contributed by atoms with Gasteiger partial charge in [0, 0.05) is 18.7 Å². The van der Waals surface area contributed by atoms with Crippen LogP contribution in [0.3, 0.4) is 0 Å². The van der Waals surface area contributed by atoms with Crippen LogP contribution in [-0.2, 0) is 22.8 Å². The maximum atomic E-state index is 11.7. The summed E-state index contributed by atoms with van der Waals surface area (Å²) in [5.74, 6) is 0.747. The Hall–Kier alpha value is -0.979. The van der Waals surface area contributed by atoms with Gasteiger partial charge in [-0.05, 0) is 110 Å². The standard InChI is InChI=1S/C41H79NO5Si3/c1-39(2,3)48(11,12)45-33(31-42-32-24-20-19-21-25-32)28-29-35-34(26-22-17-18-23-27-38(43)44-10)36(46-49(13,14)40(4,5)6)30-37(35)47-50(15,16)41(7,8)9/h19-21,24-25,33-37,42H,17-18,22-23,26-31H2,1-16H3/t33?,34-,35-,36+,37-/m1/s1. The minimum absolute atomic E-state index is 0.106. The summed E-state index contributed by atoms with van der Waals surface area (Å²) in [5, 5.41) is 4.14. The lowest BCUT2D eigenvalue weighted by atomic mass is 9.85. The number of nitrogens with one attached hydrogen (secondary N) is 1. The van der Waals surface area contributed by atoms with Gasteiger partial charge >= 0.3 is 5.97 Å². The maximum absolute atomic E-state index is 11.7. The van der Waals surface area contributed by atoms with E-state index in [0.29, 0.717) is 18.3 Å². The van der Waals surface area contributed by atoms with Crippen LogP contribution in [0.4, 0.5) is 5.69 Å². The monoisotopic (exact) mass is 750 g/mol.